The maximum Gasteiger partial charge on any atom is 0.197 e. The molecule has 1 N–H and O–H groups in total. The van der Waals surface area contributed by atoms with Gasteiger partial charge in [0.15, 0.2) is 18.4 Å². The molecule has 0 saturated carbocycles. The topological polar surface area (TPSA) is 57.2 Å². The van der Waals surface area contributed by atoms with Crippen molar-refractivity contribution in [2.75, 3.05) is 13.2 Å². The van der Waals surface area contributed by atoms with Gasteiger partial charge in [0.2, 0.25) is 0 Å². The summed E-state index contributed by atoms with van der Waals surface area (Å²) in [5.41, 5.74) is 1.72. The first kappa shape index (κ1) is 19.8. The zero-order valence-corrected chi connectivity index (χ0v) is 16.3. The van der Waals surface area contributed by atoms with Crippen LogP contribution >= 0.6 is 0 Å². The van der Waals surface area contributed by atoms with Gasteiger partial charge in [-0.2, -0.15) is 0 Å². The largest absolute Gasteiger partial charge is 0.384 e. The van der Waals surface area contributed by atoms with Crippen LogP contribution in [-0.4, -0.2) is 36.7 Å². The molecule has 0 spiro atoms. The van der Waals surface area contributed by atoms with Crippen molar-refractivity contribution < 1.29 is 24.1 Å². The predicted molar refractivity (Wildman–Crippen MR) is 105 cm³/mol. The number of hydrogen-bond donors (Lipinski definition) is 1. The molecule has 0 aromatic heterocycles. The molecular weight excluding hydrogens is 356 g/mol. The summed E-state index contributed by atoms with van der Waals surface area (Å²) < 4.78 is 24.2. The Morgan fingerprint density at radius 3 is 2.07 bits per heavy atom. The van der Waals surface area contributed by atoms with Crippen LogP contribution in [0.2, 0.25) is 0 Å². The highest BCUT2D eigenvalue weighted by Crippen LogP contribution is 2.36. The molecule has 0 amide bonds. The highest BCUT2D eigenvalue weighted by molar-refractivity contribution is 5.35. The molecule has 2 aliphatic heterocycles. The molecule has 0 bridgehead atoms. The van der Waals surface area contributed by atoms with E-state index < -0.39 is 11.9 Å². The molecule has 2 heterocycles. The average molecular weight is 386 g/mol. The first-order chi connectivity index (χ1) is 13.7. The lowest BCUT2D eigenvalue weighted by atomic mass is 9.94. The molecule has 152 valence electrons. The second-order valence-electron chi connectivity index (χ2n) is 7.69. The van der Waals surface area contributed by atoms with Crippen LogP contribution in [0.25, 0.3) is 0 Å². The van der Waals surface area contributed by atoms with E-state index in [0.717, 1.165) is 62.9 Å². The molecule has 5 heteroatoms. The van der Waals surface area contributed by atoms with Crippen LogP contribution < -0.4 is 0 Å². The fraction of sp³-hybridized carbons (Fsp3) is 0.565. The lowest BCUT2D eigenvalue weighted by molar-refractivity contribution is -0.340. The van der Waals surface area contributed by atoms with E-state index in [1.165, 1.54) is 0 Å². The average Bonchev–Trinajstić information content (AvgIpc) is 2.76. The summed E-state index contributed by atoms with van der Waals surface area (Å²) >= 11 is 0. The smallest absolute Gasteiger partial charge is 0.197 e. The number of ether oxygens (including phenoxy) is 4. The minimum Gasteiger partial charge on any atom is -0.384 e. The Bertz CT molecular complexity index is 651. The maximum absolute atomic E-state index is 10.7. The number of aliphatic hydroxyl groups excluding tert-OH is 1. The first-order valence-electron chi connectivity index (χ1n) is 10.5. The Labute approximate surface area is 166 Å². The van der Waals surface area contributed by atoms with E-state index in [0.29, 0.717) is 6.42 Å². The number of hydrogen-bond acceptors (Lipinski definition) is 5. The minimum absolute atomic E-state index is 0.268. The van der Waals surface area contributed by atoms with Crippen molar-refractivity contribution in [1.29, 1.82) is 0 Å². The molecule has 3 atom stereocenters. The fourth-order valence-electron chi connectivity index (χ4n) is 3.91. The summed E-state index contributed by atoms with van der Waals surface area (Å²) in [5, 5.41) is 10.7. The fourth-order valence-corrected chi connectivity index (χ4v) is 3.91. The molecule has 3 aliphatic rings. The van der Waals surface area contributed by atoms with Crippen molar-refractivity contribution in [2.45, 2.75) is 69.4 Å². The van der Waals surface area contributed by atoms with Crippen molar-refractivity contribution in [3.05, 3.63) is 59.7 Å². The van der Waals surface area contributed by atoms with Gasteiger partial charge in [0.1, 0.15) is 6.10 Å². The van der Waals surface area contributed by atoms with Crippen LogP contribution in [-0.2, 0) is 18.9 Å². The van der Waals surface area contributed by atoms with E-state index in [4.69, 9.17) is 18.9 Å². The van der Waals surface area contributed by atoms with E-state index in [2.05, 4.69) is 0 Å². The van der Waals surface area contributed by atoms with Crippen molar-refractivity contribution >= 4 is 0 Å². The van der Waals surface area contributed by atoms with Gasteiger partial charge < -0.3 is 24.1 Å². The molecule has 2 saturated heterocycles. The Morgan fingerprint density at radius 1 is 0.929 bits per heavy atom. The monoisotopic (exact) mass is 386 g/mol. The van der Waals surface area contributed by atoms with Crippen molar-refractivity contribution in [2.24, 2.45) is 0 Å². The van der Waals surface area contributed by atoms with Crippen LogP contribution in [0.5, 0.6) is 0 Å². The van der Waals surface area contributed by atoms with Crippen LogP contribution in [0.4, 0.5) is 0 Å². The number of rotatable bonds is 6. The van der Waals surface area contributed by atoms with Gasteiger partial charge in [0, 0.05) is 19.6 Å². The van der Waals surface area contributed by atoms with Crippen molar-refractivity contribution in [1.82, 2.24) is 0 Å². The standard InChI is InChI=1S/C23H30O5/c24-22(18-8-2-1-3-9-18)19-12-14-23(15-13-19,27-20-10-4-6-16-25-20)28-21-11-5-7-17-26-21/h1-3,8-9,12-14,20-22,24H,4-7,10-11,15-17H2. The Balaban J connectivity index is 1.48. The molecule has 1 aromatic rings. The molecule has 1 aliphatic carbocycles. The maximum atomic E-state index is 10.7. The third-order valence-electron chi connectivity index (χ3n) is 5.52. The Kier molecular flexibility index (Phi) is 6.60. The van der Waals surface area contributed by atoms with Gasteiger partial charge in [-0.3, -0.25) is 0 Å². The zero-order chi connectivity index (χ0) is 19.2. The molecule has 5 nitrogen and oxygen atoms in total. The van der Waals surface area contributed by atoms with Gasteiger partial charge in [-0.1, -0.05) is 42.5 Å². The van der Waals surface area contributed by atoms with Gasteiger partial charge >= 0.3 is 0 Å². The highest BCUT2D eigenvalue weighted by Gasteiger charge is 2.38. The normalized spacial score (nSPS) is 32.0. The van der Waals surface area contributed by atoms with Gasteiger partial charge in [0.05, 0.1) is 0 Å². The molecule has 3 unspecified atom stereocenters. The van der Waals surface area contributed by atoms with E-state index >= 15 is 0 Å². The molecule has 0 radical (unpaired) electrons. The van der Waals surface area contributed by atoms with Crippen molar-refractivity contribution in [3.8, 4) is 0 Å². The molecule has 1 aromatic carbocycles. The molecule has 28 heavy (non-hydrogen) atoms. The first-order valence-corrected chi connectivity index (χ1v) is 10.5. The van der Waals surface area contributed by atoms with Gasteiger partial charge in [-0.05, 0) is 55.7 Å². The second kappa shape index (κ2) is 9.33. The minimum atomic E-state index is -0.913. The zero-order valence-electron chi connectivity index (χ0n) is 16.3. The van der Waals surface area contributed by atoms with E-state index in [1.54, 1.807) is 0 Å². The molecule has 4 rings (SSSR count). The third kappa shape index (κ3) is 4.91. The predicted octanol–water partition coefficient (Wildman–Crippen LogP) is 4.39. The summed E-state index contributed by atoms with van der Waals surface area (Å²) in [5.74, 6) is -0.913. The molecule has 2 fully saturated rings. The third-order valence-corrected chi connectivity index (χ3v) is 5.52. The SMILES string of the molecule is OC(C1=CCC(OC2CCCCO2)(OC2CCCCO2)C=C1)c1ccccc1. The van der Waals surface area contributed by atoms with Gasteiger partial charge in [-0.25, -0.2) is 0 Å². The van der Waals surface area contributed by atoms with Gasteiger partial charge in [0.25, 0.3) is 0 Å². The van der Waals surface area contributed by atoms with Crippen LogP contribution in [0.15, 0.2) is 54.1 Å². The number of aliphatic hydroxyl groups is 1. The Morgan fingerprint density at radius 2 is 1.57 bits per heavy atom. The highest BCUT2D eigenvalue weighted by atomic mass is 16.8. The van der Waals surface area contributed by atoms with Crippen LogP contribution in [0.3, 0.4) is 0 Å². The van der Waals surface area contributed by atoms with E-state index in [9.17, 15) is 5.11 Å². The summed E-state index contributed by atoms with van der Waals surface area (Å²) in [6.45, 7) is 1.44. The number of benzene rings is 1. The summed E-state index contributed by atoms with van der Waals surface area (Å²) in [7, 11) is 0. The lowest BCUT2D eigenvalue weighted by Gasteiger charge is -2.40. The van der Waals surface area contributed by atoms with Crippen LogP contribution in [0, 0.1) is 0 Å². The lowest BCUT2D eigenvalue weighted by Crippen LogP contribution is -2.44. The molecular formula is C23H30O5. The summed E-state index contributed by atoms with van der Waals surface area (Å²) in [6.07, 6.45) is 11.2. The Hall–Kier alpha value is -1.50. The summed E-state index contributed by atoms with van der Waals surface area (Å²) in [4.78, 5) is 0. The van der Waals surface area contributed by atoms with Crippen LogP contribution in [0.1, 0.15) is 56.6 Å². The van der Waals surface area contributed by atoms with E-state index in [1.807, 2.05) is 48.6 Å². The quantitative estimate of drug-likeness (QED) is 0.735. The van der Waals surface area contributed by atoms with E-state index in [-0.39, 0.29) is 12.6 Å². The van der Waals surface area contributed by atoms with Gasteiger partial charge in [-0.15, -0.1) is 0 Å². The summed E-state index contributed by atoms with van der Waals surface area (Å²) in [6, 6.07) is 9.67. The second-order valence-corrected chi connectivity index (χ2v) is 7.69. The van der Waals surface area contributed by atoms with Crippen molar-refractivity contribution in [3.63, 3.8) is 0 Å².